The van der Waals surface area contributed by atoms with Gasteiger partial charge in [0.05, 0.1) is 7.11 Å². The Bertz CT molecular complexity index is 334. The van der Waals surface area contributed by atoms with Gasteiger partial charge in [0.1, 0.15) is 5.76 Å². The standard InChI is InChI=1S/C19H34O4/c1-3-4-12-15-18(23-21)16-13-10-8-6-5-7-9-11-14-17-19(20)22-2/h8,10,16,21H,3-7,9,11-15,17H2,1-2H3. The Hall–Kier alpha value is -1.29. The van der Waals surface area contributed by atoms with Crippen LogP contribution in [0.15, 0.2) is 24.0 Å². The minimum Gasteiger partial charge on any atom is -0.469 e. The molecule has 0 aromatic rings. The number of hydrogen-bond acceptors (Lipinski definition) is 4. The lowest BCUT2D eigenvalue weighted by molar-refractivity contribution is -0.206. The molecule has 0 aromatic carbocycles. The van der Waals surface area contributed by atoms with Gasteiger partial charge in [-0.2, -0.15) is 0 Å². The number of methoxy groups -OCH3 is 1. The first-order valence-electron chi connectivity index (χ1n) is 8.96. The lowest BCUT2D eigenvalue weighted by Gasteiger charge is -2.02. The predicted octanol–water partition coefficient (Wildman–Crippen LogP) is 5.79. The SMILES string of the molecule is CCCCCC(=CCC=CCCCCCCCC(=O)OC)OO. The van der Waals surface area contributed by atoms with E-state index in [-0.39, 0.29) is 5.97 Å². The van der Waals surface area contributed by atoms with Crippen molar-refractivity contribution in [2.75, 3.05) is 7.11 Å². The van der Waals surface area contributed by atoms with Crippen molar-refractivity contribution in [3.63, 3.8) is 0 Å². The molecule has 0 aliphatic carbocycles. The molecule has 0 bridgehead atoms. The molecular weight excluding hydrogens is 292 g/mol. The maximum Gasteiger partial charge on any atom is 0.305 e. The van der Waals surface area contributed by atoms with Crippen LogP contribution in [0.1, 0.15) is 84.0 Å². The van der Waals surface area contributed by atoms with Gasteiger partial charge in [-0.05, 0) is 38.2 Å². The molecule has 23 heavy (non-hydrogen) atoms. The first-order chi connectivity index (χ1) is 11.2. The lowest BCUT2D eigenvalue weighted by atomic mass is 10.1. The fraction of sp³-hybridized carbons (Fsp3) is 0.737. The monoisotopic (exact) mass is 326 g/mol. The van der Waals surface area contributed by atoms with E-state index < -0.39 is 0 Å². The Morgan fingerprint density at radius 3 is 2.35 bits per heavy atom. The van der Waals surface area contributed by atoms with E-state index in [1.54, 1.807) is 0 Å². The van der Waals surface area contributed by atoms with Gasteiger partial charge in [0.2, 0.25) is 0 Å². The van der Waals surface area contributed by atoms with Crippen molar-refractivity contribution >= 4 is 5.97 Å². The van der Waals surface area contributed by atoms with Gasteiger partial charge >= 0.3 is 5.97 Å². The van der Waals surface area contributed by atoms with Crippen molar-refractivity contribution in [2.45, 2.75) is 84.0 Å². The number of allylic oxidation sites excluding steroid dienone is 4. The van der Waals surface area contributed by atoms with Crippen LogP contribution in [0, 0.1) is 0 Å². The molecule has 0 atom stereocenters. The molecule has 0 saturated heterocycles. The summed E-state index contributed by atoms with van der Waals surface area (Å²) in [5.74, 6) is 0.565. The van der Waals surface area contributed by atoms with Crippen LogP contribution in [0.3, 0.4) is 0 Å². The molecule has 4 heteroatoms. The predicted molar refractivity (Wildman–Crippen MR) is 94.0 cm³/mol. The van der Waals surface area contributed by atoms with Gasteiger partial charge in [-0.1, -0.05) is 51.2 Å². The summed E-state index contributed by atoms with van der Waals surface area (Å²) in [6.45, 7) is 2.16. The highest BCUT2D eigenvalue weighted by Gasteiger charge is 1.99. The Balaban J connectivity index is 3.50. The van der Waals surface area contributed by atoms with Crippen LogP contribution in [-0.2, 0) is 14.4 Å². The zero-order valence-corrected chi connectivity index (χ0v) is 14.9. The molecule has 0 spiro atoms. The van der Waals surface area contributed by atoms with Gasteiger partial charge in [0.25, 0.3) is 0 Å². The van der Waals surface area contributed by atoms with Crippen molar-refractivity contribution in [2.24, 2.45) is 0 Å². The van der Waals surface area contributed by atoms with E-state index >= 15 is 0 Å². The summed E-state index contributed by atoms with van der Waals surface area (Å²) in [5, 5.41) is 8.80. The molecule has 0 aromatic heterocycles. The third kappa shape index (κ3) is 15.4. The van der Waals surface area contributed by atoms with Gasteiger partial charge in [-0.15, -0.1) is 0 Å². The second kappa shape index (κ2) is 17.1. The molecule has 0 rings (SSSR count). The van der Waals surface area contributed by atoms with Crippen LogP contribution in [0.5, 0.6) is 0 Å². The molecule has 0 heterocycles. The zero-order chi connectivity index (χ0) is 17.2. The van der Waals surface area contributed by atoms with Gasteiger partial charge < -0.3 is 9.62 Å². The molecule has 0 aliphatic rings. The van der Waals surface area contributed by atoms with E-state index in [4.69, 9.17) is 5.26 Å². The van der Waals surface area contributed by atoms with Crippen molar-refractivity contribution in [3.05, 3.63) is 24.0 Å². The molecule has 0 fully saturated rings. The van der Waals surface area contributed by atoms with E-state index in [2.05, 4.69) is 28.7 Å². The summed E-state index contributed by atoms with van der Waals surface area (Å²) in [6.07, 6.45) is 18.4. The normalized spacial score (nSPS) is 11.9. The van der Waals surface area contributed by atoms with E-state index in [1.807, 2.05) is 6.08 Å². The topological polar surface area (TPSA) is 55.8 Å². The van der Waals surface area contributed by atoms with E-state index in [0.717, 1.165) is 44.9 Å². The summed E-state index contributed by atoms with van der Waals surface area (Å²) in [5.41, 5.74) is 0. The summed E-state index contributed by atoms with van der Waals surface area (Å²) >= 11 is 0. The number of ether oxygens (including phenoxy) is 1. The van der Waals surface area contributed by atoms with Crippen LogP contribution >= 0.6 is 0 Å². The van der Waals surface area contributed by atoms with Crippen molar-refractivity contribution in [1.29, 1.82) is 0 Å². The number of rotatable bonds is 15. The van der Waals surface area contributed by atoms with Crippen LogP contribution in [0.25, 0.3) is 0 Å². The summed E-state index contributed by atoms with van der Waals surface area (Å²) < 4.78 is 4.61. The van der Waals surface area contributed by atoms with Crippen LogP contribution in [0.2, 0.25) is 0 Å². The first-order valence-corrected chi connectivity index (χ1v) is 8.96. The second-order valence-corrected chi connectivity index (χ2v) is 5.81. The maximum atomic E-state index is 10.9. The Labute approximate surface area is 141 Å². The fourth-order valence-corrected chi connectivity index (χ4v) is 2.31. The van der Waals surface area contributed by atoms with E-state index in [9.17, 15) is 4.79 Å². The quantitative estimate of drug-likeness (QED) is 0.103. The highest BCUT2D eigenvalue weighted by atomic mass is 17.1. The molecule has 0 radical (unpaired) electrons. The van der Waals surface area contributed by atoms with E-state index in [1.165, 1.54) is 32.8 Å². The number of hydrogen-bond donors (Lipinski definition) is 1. The Kier molecular flexibility index (Phi) is 16.1. The third-order valence-corrected chi connectivity index (χ3v) is 3.77. The molecule has 0 aliphatic heterocycles. The summed E-state index contributed by atoms with van der Waals surface area (Å²) in [7, 11) is 1.44. The molecule has 0 saturated carbocycles. The number of esters is 1. The Morgan fingerprint density at radius 1 is 0.957 bits per heavy atom. The fourth-order valence-electron chi connectivity index (χ4n) is 2.31. The van der Waals surface area contributed by atoms with Gasteiger partial charge in [0.15, 0.2) is 0 Å². The van der Waals surface area contributed by atoms with Crippen molar-refractivity contribution < 1.29 is 19.7 Å². The first kappa shape index (κ1) is 21.7. The molecule has 4 nitrogen and oxygen atoms in total. The van der Waals surface area contributed by atoms with E-state index in [0.29, 0.717) is 12.2 Å². The van der Waals surface area contributed by atoms with Crippen LogP contribution in [0.4, 0.5) is 0 Å². The highest BCUT2D eigenvalue weighted by Crippen LogP contribution is 2.11. The van der Waals surface area contributed by atoms with Gasteiger partial charge in [-0.25, -0.2) is 5.26 Å². The molecule has 134 valence electrons. The second-order valence-electron chi connectivity index (χ2n) is 5.81. The number of carbonyl (C=O) groups excluding carboxylic acids is 1. The Morgan fingerprint density at radius 2 is 1.65 bits per heavy atom. The van der Waals surface area contributed by atoms with Gasteiger partial charge in [0, 0.05) is 12.8 Å². The molecule has 0 amide bonds. The smallest absolute Gasteiger partial charge is 0.305 e. The molecule has 1 N–H and O–H groups in total. The zero-order valence-electron chi connectivity index (χ0n) is 14.9. The van der Waals surface area contributed by atoms with Crippen molar-refractivity contribution in [3.8, 4) is 0 Å². The maximum absolute atomic E-state index is 10.9. The minimum absolute atomic E-state index is 0.109. The number of carbonyl (C=O) groups is 1. The van der Waals surface area contributed by atoms with Crippen LogP contribution in [-0.4, -0.2) is 18.3 Å². The highest BCUT2D eigenvalue weighted by molar-refractivity contribution is 5.68. The third-order valence-electron chi connectivity index (χ3n) is 3.77. The average molecular weight is 326 g/mol. The number of unbranched alkanes of at least 4 members (excludes halogenated alkanes) is 7. The van der Waals surface area contributed by atoms with Gasteiger partial charge in [-0.3, -0.25) is 4.79 Å². The lowest BCUT2D eigenvalue weighted by Crippen LogP contribution is -1.98. The minimum atomic E-state index is -0.109. The average Bonchev–Trinajstić information content (AvgIpc) is 2.57. The summed E-state index contributed by atoms with van der Waals surface area (Å²) in [6, 6.07) is 0. The van der Waals surface area contributed by atoms with Crippen LogP contribution < -0.4 is 0 Å². The largest absolute Gasteiger partial charge is 0.469 e. The summed E-state index contributed by atoms with van der Waals surface area (Å²) in [4.78, 5) is 15.3. The molecule has 0 unspecified atom stereocenters. The molecular formula is C19H34O4. The van der Waals surface area contributed by atoms with Crippen molar-refractivity contribution in [1.82, 2.24) is 0 Å².